The van der Waals surface area contributed by atoms with Crippen LogP contribution >= 0.6 is 0 Å². The number of hydrogen-bond acceptors (Lipinski definition) is 3. The van der Waals surface area contributed by atoms with Gasteiger partial charge in [0.2, 0.25) is 0 Å². The normalized spacial score (nSPS) is 13.8. The first-order chi connectivity index (χ1) is 5.12. The Morgan fingerprint density at radius 1 is 1.42 bits per heavy atom. The average molecular weight is 196 g/mol. The quantitative estimate of drug-likeness (QED) is 0.694. The maximum absolute atomic E-state index is 10.4. The van der Waals surface area contributed by atoms with E-state index in [2.05, 4.69) is 4.18 Å². The van der Waals surface area contributed by atoms with E-state index in [9.17, 15) is 8.42 Å². The van der Waals surface area contributed by atoms with E-state index >= 15 is 0 Å². The van der Waals surface area contributed by atoms with Gasteiger partial charge >= 0.3 is 10.4 Å². The largest absolute Gasteiger partial charge is 0.397 e. The fourth-order valence-electron chi connectivity index (χ4n) is 1.30. The standard InChI is InChI=1S/C7H16O4S/c1-6(2)5-7(3,4)11-12(8,9)10/h6H,5H2,1-4H3,(H,8,9,10). The molecule has 0 aromatic rings. The van der Waals surface area contributed by atoms with Crippen LogP contribution in [0.15, 0.2) is 0 Å². The lowest BCUT2D eigenvalue weighted by Gasteiger charge is -2.24. The van der Waals surface area contributed by atoms with Crippen molar-refractivity contribution in [1.29, 1.82) is 0 Å². The Kier molecular flexibility index (Phi) is 3.68. The average Bonchev–Trinajstić information content (AvgIpc) is 1.48. The molecule has 12 heavy (non-hydrogen) atoms. The second kappa shape index (κ2) is 3.72. The van der Waals surface area contributed by atoms with Crippen LogP contribution in [0.4, 0.5) is 0 Å². The first kappa shape index (κ1) is 11.9. The molecule has 0 amide bonds. The molecule has 5 heteroatoms. The van der Waals surface area contributed by atoms with Gasteiger partial charge in [0.15, 0.2) is 0 Å². The molecule has 0 atom stereocenters. The highest BCUT2D eigenvalue weighted by molar-refractivity contribution is 7.80. The molecule has 0 bridgehead atoms. The molecule has 0 rings (SSSR count). The van der Waals surface area contributed by atoms with Gasteiger partial charge in [0.05, 0.1) is 5.60 Å². The van der Waals surface area contributed by atoms with Crippen LogP contribution in [-0.4, -0.2) is 18.6 Å². The van der Waals surface area contributed by atoms with Crippen molar-refractivity contribution in [3.8, 4) is 0 Å². The van der Waals surface area contributed by atoms with Crippen molar-refractivity contribution < 1.29 is 17.2 Å². The van der Waals surface area contributed by atoms with Crippen molar-refractivity contribution in [3.63, 3.8) is 0 Å². The third kappa shape index (κ3) is 6.57. The van der Waals surface area contributed by atoms with Gasteiger partial charge in [-0.3, -0.25) is 4.55 Å². The van der Waals surface area contributed by atoms with Gasteiger partial charge in [0, 0.05) is 0 Å². The minimum absolute atomic E-state index is 0.321. The van der Waals surface area contributed by atoms with E-state index in [1.807, 2.05) is 13.8 Å². The molecular weight excluding hydrogens is 180 g/mol. The van der Waals surface area contributed by atoms with Crippen molar-refractivity contribution in [2.45, 2.75) is 39.7 Å². The summed E-state index contributed by atoms with van der Waals surface area (Å²) in [6.07, 6.45) is 0.576. The third-order valence-corrected chi connectivity index (χ3v) is 1.89. The Morgan fingerprint density at radius 3 is 2.08 bits per heavy atom. The third-order valence-electron chi connectivity index (χ3n) is 1.23. The highest BCUT2D eigenvalue weighted by atomic mass is 32.3. The summed E-state index contributed by atoms with van der Waals surface area (Å²) < 4.78 is 33.6. The molecule has 74 valence electrons. The van der Waals surface area contributed by atoms with Crippen LogP contribution < -0.4 is 0 Å². The van der Waals surface area contributed by atoms with E-state index < -0.39 is 16.0 Å². The number of rotatable bonds is 4. The van der Waals surface area contributed by atoms with E-state index in [4.69, 9.17) is 4.55 Å². The minimum atomic E-state index is -4.33. The maximum Gasteiger partial charge on any atom is 0.397 e. The molecule has 0 aliphatic carbocycles. The monoisotopic (exact) mass is 196 g/mol. The molecule has 0 heterocycles. The summed E-state index contributed by atoms with van der Waals surface area (Å²) in [5.74, 6) is 0.321. The van der Waals surface area contributed by atoms with Gasteiger partial charge in [-0.05, 0) is 26.2 Å². The second-order valence-electron chi connectivity index (χ2n) is 3.87. The van der Waals surface area contributed by atoms with Crippen LogP contribution in [0, 0.1) is 5.92 Å². The summed E-state index contributed by atoms with van der Waals surface area (Å²) in [5.41, 5.74) is -0.832. The summed E-state index contributed by atoms with van der Waals surface area (Å²) in [5, 5.41) is 0. The number of hydrogen-bond donors (Lipinski definition) is 1. The van der Waals surface area contributed by atoms with Crippen molar-refractivity contribution in [1.82, 2.24) is 0 Å². The Morgan fingerprint density at radius 2 is 1.83 bits per heavy atom. The first-order valence-corrected chi connectivity index (χ1v) is 5.17. The molecule has 1 N–H and O–H groups in total. The summed E-state index contributed by atoms with van der Waals surface area (Å²) in [4.78, 5) is 0. The van der Waals surface area contributed by atoms with Crippen molar-refractivity contribution >= 4 is 10.4 Å². The van der Waals surface area contributed by atoms with E-state index in [1.54, 1.807) is 13.8 Å². The molecule has 0 aliphatic rings. The smallest absolute Gasteiger partial charge is 0.264 e. The lowest BCUT2D eigenvalue weighted by Crippen LogP contribution is -2.29. The molecule has 0 aliphatic heterocycles. The Labute approximate surface area is 73.9 Å². The van der Waals surface area contributed by atoms with Crippen LogP contribution in [0.5, 0.6) is 0 Å². The maximum atomic E-state index is 10.4. The van der Waals surface area contributed by atoms with Gasteiger partial charge in [0.25, 0.3) is 0 Å². The van der Waals surface area contributed by atoms with Crippen molar-refractivity contribution in [2.24, 2.45) is 5.92 Å². The highest BCUT2D eigenvalue weighted by Gasteiger charge is 2.26. The topological polar surface area (TPSA) is 63.6 Å². The van der Waals surface area contributed by atoms with Crippen LogP contribution in [0.3, 0.4) is 0 Å². The van der Waals surface area contributed by atoms with Crippen molar-refractivity contribution in [2.75, 3.05) is 0 Å². The molecule has 0 radical (unpaired) electrons. The summed E-state index contributed by atoms with van der Waals surface area (Å²) in [6, 6.07) is 0. The summed E-state index contributed by atoms with van der Waals surface area (Å²) in [6.45, 7) is 7.16. The van der Waals surface area contributed by atoms with Gasteiger partial charge in [-0.2, -0.15) is 8.42 Å². The van der Waals surface area contributed by atoms with Crippen LogP contribution in [0.25, 0.3) is 0 Å². The zero-order valence-corrected chi connectivity index (χ0v) is 8.68. The Bertz CT molecular complexity index is 228. The minimum Gasteiger partial charge on any atom is -0.264 e. The van der Waals surface area contributed by atoms with E-state index in [-0.39, 0.29) is 0 Å². The predicted molar refractivity (Wildman–Crippen MR) is 46.2 cm³/mol. The fourth-order valence-corrected chi connectivity index (χ4v) is 1.94. The second-order valence-corrected chi connectivity index (χ2v) is 4.89. The molecular formula is C7H16O4S. The molecule has 0 fully saturated rings. The SMILES string of the molecule is CC(C)CC(C)(C)OS(=O)(=O)O. The lowest BCUT2D eigenvalue weighted by atomic mass is 9.97. The molecule has 0 spiro atoms. The molecule has 0 saturated heterocycles. The zero-order chi connectivity index (χ0) is 9.99. The van der Waals surface area contributed by atoms with Crippen LogP contribution in [0.1, 0.15) is 34.1 Å². The Balaban J connectivity index is 4.23. The zero-order valence-electron chi connectivity index (χ0n) is 7.86. The molecule has 0 aromatic heterocycles. The summed E-state index contributed by atoms with van der Waals surface area (Å²) >= 11 is 0. The fraction of sp³-hybridized carbons (Fsp3) is 1.00. The molecule has 0 saturated carbocycles. The Hall–Kier alpha value is -0.130. The first-order valence-electron chi connectivity index (χ1n) is 3.80. The van der Waals surface area contributed by atoms with Gasteiger partial charge in [-0.1, -0.05) is 13.8 Å². The van der Waals surface area contributed by atoms with Gasteiger partial charge in [-0.25, -0.2) is 4.18 Å². The van der Waals surface area contributed by atoms with Crippen molar-refractivity contribution in [3.05, 3.63) is 0 Å². The van der Waals surface area contributed by atoms with Gasteiger partial charge in [0.1, 0.15) is 0 Å². The van der Waals surface area contributed by atoms with Crippen LogP contribution in [0.2, 0.25) is 0 Å². The summed E-state index contributed by atoms with van der Waals surface area (Å²) in [7, 11) is -4.33. The molecule has 0 unspecified atom stereocenters. The highest BCUT2D eigenvalue weighted by Crippen LogP contribution is 2.21. The molecule has 4 nitrogen and oxygen atoms in total. The lowest BCUT2D eigenvalue weighted by molar-refractivity contribution is 0.0778. The van der Waals surface area contributed by atoms with Gasteiger partial charge < -0.3 is 0 Å². The molecule has 0 aromatic carbocycles. The van der Waals surface area contributed by atoms with E-state index in [0.717, 1.165) is 0 Å². The van der Waals surface area contributed by atoms with E-state index in [0.29, 0.717) is 12.3 Å². The van der Waals surface area contributed by atoms with Crippen LogP contribution in [-0.2, 0) is 14.6 Å². The van der Waals surface area contributed by atoms with E-state index in [1.165, 1.54) is 0 Å². The predicted octanol–water partition coefficient (Wildman–Crippen LogP) is 1.63. The van der Waals surface area contributed by atoms with Gasteiger partial charge in [-0.15, -0.1) is 0 Å².